The van der Waals surface area contributed by atoms with Crippen molar-refractivity contribution in [2.75, 3.05) is 58.5 Å². The lowest BCUT2D eigenvalue weighted by atomic mass is 9.89. The number of carbonyl (C=O) groups is 2. The number of piperidine rings is 1. The quantitative estimate of drug-likeness (QED) is 0.0921. The molecule has 1 saturated carbocycles. The summed E-state index contributed by atoms with van der Waals surface area (Å²) in [5, 5.41) is 10.1. The van der Waals surface area contributed by atoms with Crippen molar-refractivity contribution in [2.24, 2.45) is 5.92 Å². The van der Waals surface area contributed by atoms with Crippen molar-refractivity contribution in [3.05, 3.63) is 42.0 Å². The number of esters is 1. The molecule has 2 atom stereocenters. The molecule has 0 bridgehead atoms. The minimum Gasteiger partial charge on any atom is -0.465 e. The lowest BCUT2D eigenvalue weighted by Crippen LogP contribution is -2.47. The Labute approximate surface area is 305 Å². The van der Waals surface area contributed by atoms with Crippen LogP contribution in [-0.2, 0) is 25.5 Å². The summed E-state index contributed by atoms with van der Waals surface area (Å²) < 4.78 is 65.6. The highest BCUT2D eigenvalue weighted by molar-refractivity contribution is 8.00. The number of nitrogens with one attached hydrogen (secondary N) is 2. The molecule has 1 aliphatic carbocycles. The summed E-state index contributed by atoms with van der Waals surface area (Å²) in [5.74, 6) is 5.22. The number of hydrogen-bond donors (Lipinski definition) is 2. The molecule has 3 aromatic heterocycles. The molecular formula is C35H46F3N7O6S. The fourth-order valence-corrected chi connectivity index (χ4v) is 6.60. The van der Waals surface area contributed by atoms with Crippen molar-refractivity contribution in [1.82, 2.24) is 29.4 Å². The third-order valence-corrected chi connectivity index (χ3v) is 9.25. The predicted octanol–water partition coefficient (Wildman–Crippen LogP) is 5.19. The Hall–Kier alpha value is -3.98. The molecule has 13 nitrogen and oxygen atoms in total. The first-order chi connectivity index (χ1) is 24.8. The Kier molecular flexibility index (Phi) is 13.3. The molecule has 284 valence electrons. The predicted molar refractivity (Wildman–Crippen MR) is 188 cm³/mol. The number of amides is 1. The van der Waals surface area contributed by atoms with E-state index in [2.05, 4.69) is 37.5 Å². The lowest BCUT2D eigenvalue weighted by Gasteiger charge is -2.39. The Bertz CT molecular complexity index is 1730. The molecule has 2 aliphatic rings. The number of hydrogen-bond acceptors (Lipinski definition) is 11. The molecule has 1 amide bonds. The van der Waals surface area contributed by atoms with E-state index in [4.69, 9.17) is 18.9 Å². The number of nitrogens with zero attached hydrogens (tertiary/aromatic N) is 5. The number of anilines is 1. The maximum absolute atomic E-state index is 13.7. The van der Waals surface area contributed by atoms with Crippen LogP contribution >= 0.6 is 11.8 Å². The van der Waals surface area contributed by atoms with Crippen molar-refractivity contribution in [2.45, 2.75) is 81.2 Å². The molecule has 1 aliphatic heterocycles. The van der Waals surface area contributed by atoms with Gasteiger partial charge in [0.25, 0.3) is 0 Å². The topological polar surface area (TPSA) is 133 Å². The SMILES string of the molecule is COC(=O)c1cnn(CCOCCOCC[C@H]2CN(C3CC3)CC[C@@H]2Nc2cccn3c(SC(F)(F)F)c(C#CCNC(=O)OC(C)(C)C)nc23)c1. The zero-order valence-electron chi connectivity index (χ0n) is 29.8. The van der Waals surface area contributed by atoms with E-state index in [1.165, 1.54) is 30.5 Å². The number of pyridine rings is 1. The van der Waals surface area contributed by atoms with Crippen LogP contribution in [0.15, 0.2) is 35.7 Å². The van der Waals surface area contributed by atoms with E-state index in [1.54, 1.807) is 43.9 Å². The molecule has 2 N–H and O–H groups in total. The molecule has 5 rings (SSSR count). The third kappa shape index (κ3) is 11.8. The first kappa shape index (κ1) is 39.2. The molecule has 0 spiro atoms. The summed E-state index contributed by atoms with van der Waals surface area (Å²) in [7, 11) is 1.32. The van der Waals surface area contributed by atoms with Crippen LogP contribution in [0.25, 0.3) is 5.65 Å². The zero-order chi connectivity index (χ0) is 37.3. The normalized spacial score (nSPS) is 18.1. The summed E-state index contributed by atoms with van der Waals surface area (Å²) in [6, 6.07) is 4.18. The van der Waals surface area contributed by atoms with E-state index in [-0.39, 0.29) is 41.0 Å². The fraction of sp³-hybridized carbons (Fsp3) is 0.600. The van der Waals surface area contributed by atoms with Crippen LogP contribution in [0, 0.1) is 17.8 Å². The van der Waals surface area contributed by atoms with Gasteiger partial charge in [-0.25, -0.2) is 14.6 Å². The van der Waals surface area contributed by atoms with Gasteiger partial charge in [0.2, 0.25) is 0 Å². The second-order valence-electron chi connectivity index (χ2n) is 13.6. The second-order valence-corrected chi connectivity index (χ2v) is 14.7. The summed E-state index contributed by atoms with van der Waals surface area (Å²) in [6.45, 7) is 9.15. The average Bonchev–Trinajstić information content (AvgIpc) is 3.73. The monoisotopic (exact) mass is 749 g/mol. The number of ether oxygens (including phenoxy) is 4. The number of likely N-dealkylation sites (tertiary alicyclic amines) is 1. The van der Waals surface area contributed by atoms with E-state index in [0.29, 0.717) is 55.9 Å². The Morgan fingerprint density at radius 2 is 1.87 bits per heavy atom. The van der Waals surface area contributed by atoms with Gasteiger partial charge in [-0.15, -0.1) is 0 Å². The van der Waals surface area contributed by atoms with Gasteiger partial charge in [-0.1, -0.05) is 5.92 Å². The Morgan fingerprint density at radius 3 is 2.58 bits per heavy atom. The minimum absolute atomic E-state index is 0.0335. The highest BCUT2D eigenvalue weighted by atomic mass is 32.2. The molecule has 17 heteroatoms. The van der Waals surface area contributed by atoms with E-state index in [9.17, 15) is 22.8 Å². The summed E-state index contributed by atoms with van der Waals surface area (Å²) in [6.07, 6.45) is 7.99. The number of rotatable bonds is 15. The van der Waals surface area contributed by atoms with Crippen LogP contribution in [0.4, 0.5) is 23.7 Å². The number of aromatic nitrogens is 4. The van der Waals surface area contributed by atoms with Crippen molar-refractivity contribution in [3.8, 4) is 11.8 Å². The van der Waals surface area contributed by atoms with Gasteiger partial charge in [-0.05, 0) is 70.4 Å². The molecular weight excluding hydrogens is 703 g/mol. The zero-order valence-corrected chi connectivity index (χ0v) is 30.6. The molecule has 2 fully saturated rings. The van der Waals surface area contributed by atoms with Crippen LogP contribution in [0.1, 0.15) is 62.5 Å². The van der Waals surface area contributed by atoms with Crippen molar-refractivity contribution >= 4 is 35.2 Å². The maximum atomic E-state index is 13.7. The fourth-order valence-electron chi connectivity index (χ4n) is 5.94. The Morgan fingerprint density at radius 1 is 1.10 bits per heavy atom. The van der Waals surface area contributed by atoms with E-state index >= 15 is 0 Å². The maximum Gasteiger partial charge on any atom is 0.447 e. The molecule has 0 unspecified atom stereocenters. The first-order valence-corrected chi connectivity index (χ1v) is 18.1. The van der Waals surface area contributed by atoms with Gasteiger partial charge >= 0.3 is 17.6 Å². The highest BCUT2D eigenvalue weighted by Crippen LogP contribution is 2.40. The summed E-state index contributed by atoms with van der Waals surface area (Å²) in [5.41, 5.74) is -3.95. The van der Waals surface area contributed by atoms with Gasteiger partial charge in [0.1, 0.15) is 16.3 Å². The van der Waals surface area contributed by atoms with E-state index in [0.717, 1.165) is 25.9 Å². The molecule has 0 aromatic carbocycles. The second kappa shape index (κ2) is 17.7. The summed E-state index contributed by atoms with van der Waals surface area (Å²) in [4.78, 5) is 30.6. The van der Waals surface area contributed by atoms with Crippen molar-refractivity contribution in [1.29, 1.82) is 0 Å². The van der Waals surface area contributed by atoms with Crippen molar-refractivity contribution in [3.63, 3.8) is 0 Å². The number of imidazole rings is 1. The van der Waals surface area contributed by atoms with Crippen LogP contribution in [0.5, 0.6) is 0 Å². The Balaban J connectivity index is 1.19. The van der Waals surface area contributed by atoms with Gasteiger partial charge in [0.05, 0.1) is 57.5 Å². The van der Waals surface area contributed by atoms with E-state index in [1.807, 2.05) is 6.07 Å². The first-order valence-electron chi connectivity index (χ1n) is 17.3. The van der Waals surface area contributed by atoms with Crippen LogP contribution in [0.3, 0.4) is 0 Å². The van der Waals surface area contributed by atoms with Crippen LogP contribution in [0.2, 0.25) is 0 Å². The van der Waals surface area contributed by atoms with Gasteiger partial charge in [0, 0.05) is 55.9 Å². The number of halogens is 3. The number of methoxy groups -OCH3 is 1. The molecule has 3 aromatic rings. The van der Waals surface area contributed by atoms with Gasteiger partial charge in [-0.3, -0.25) is 14.0 Å². The highest BCUT2D eigenvalue weighted by Gasteiger charge is 2.37. The minimum atomic E-state index is -4.56. The largest absolute Gasteiger partial charge is 0.465 e. The smallest absolute Gasteiger partial charge is 0.447 e. The molecule has 52 heavy (non-hydrogen) atoms. The van der Waals surface area contributed by atoms with Gasteiger partial charge in [-0.2, -0.15) is 18.3 Å². The van der Waals surface area contributed by atoms with Gasteiger partial charge < -0.3 is 29.6 Å². The number of carbonyl (C=O) groups excluding carboxylic acids is 2. The number of fused-ring (bicyclic) bond motifs is 1. The molecule has 1 saturated heterocycles. The van der Waals surface area contributed by atoms with Crippen LogP contribution in [-0.4, -0.2) is 112 Å². The lowest BCUT2D eigenvalue weighted by molar-refractivity contribution is -0.0330. The third-order valence-electron chi connectivity index (χ3n) is 8.44. The standard InChI is InChI=1S/C35H46F3N7O6S/c1-34(2,3)51-33(47)39-13-5-7-29-31(52-35(36,37)38)45-14-6-8-28(30(45)42-29)41-27-11-15-43(26-9-10-26)22-24(27)12-17-49-19-20-50-18-16-44-23-25(21-40-44)32(46)48-4/h6,8,14,21,23-24,26-27,41H,9-13,15-20,22H2,1-4H3,(H,39,47)/t24-,27-/m0/s1. The number of alkyl carbamates (subject to hydrolysis) is 1. The van der Waals surface area contributed by atoms with E-state index < -0.39 is 23.2 Å². The van der Waals surface area contributed by atoms with Gasteiger partial charge in [0.15, 0.2) is 5.65 Å². The number of thioether (sulfide) groups is 1. The summed E-state index contributed by atoms with van der Waals surface area (Å²) >= 11 is -0.273. The number of alkyl halides is 3. The molecule has 4 heterocycles. The van der Waals surface area contributed by atoms with Crippen molar-refractivity contribution < 1.29 is 41.7 Å². The van der Waals surface area contributed by atoms with Crippen LogP contribution < -0.4 is 10.6 Å². The average molecular weight is 750 g/mol. The molecule has 0 radical (unpaired) electrons.